The SMILES string of the molecule is CC(C)C[C@H]1c2nc(C3CC3)nn2CCN1C(=O)c1cc(-c2ccccn2)n[nH]1. The number of carbonyl (C=O) groups excluding carboxylic acids is 1. The predicted octanol–water partition coefficient (Wildman–Crippen LogP) is 3.18. The lowest BCUT2D eigenvalue weighted by atomic mass is 10.00. The Labute approximate surface area is 169 Å². The maximum atomic E-state index is 13.4. The van der Waals surface area contributed by atoms with Crippen LogP contribution in [0, 0.1) is 5.92 Å². The van der Waals surface area contributed by atoms with E-state index in [4.69, 9.17) is 10.1 Å². The molecule has 1 fully saturated rings. The highest BCUT2D eigenvalue weighted by Crippen LogP contribution is 2.40. The van der Waals surface area contributed by atoms with Crippen LogP contribution in [0.3, 0.4) is 0 Å². The minimum Gasteiger partial charge on any atom is -0.325 e. The van der Waals surface area contributed by atoms with E-state index < -0.39 is 0 Å². The van der Waals surface area contributed by atoms with Crippen molar-refractivity contribution in [2.24, 2.45) is 5.92 Å². The van der Waals surface area contributed by atoms with Gasteiger partial charge in [-0.25, -0.2) is 9.67 Å². The van der Waals surface area contributed by atoms with Gasteiger partial charge in [0.2, 0.25) is 0 Å². The van der Waals surface area contributed by atoms with Crippen LogP contribution < -0.4 is 0 Å². The Kier molecular flexibility index (Phi) is 4.41. The molecule has 4 heterocycles. The van der Waals surface area contributed by atoms with Gasteiger partial charge in [-0.15, -0.1) is 0 Å². The maximum absolute atomic E-state index is 13.4. The molecule has 2 aliphatic rings. The molecule has 1 amide bonds. The van der Waals surface area contributed by atoms with Crippen LogP contribution in [0.25, 0.3) is 11.4 Å². The normalized spacial score (nSPS) is 18.9. The topological polar surface area (TPSA) is 92.6 Å². The summed E-state index contributed by atoms with van der Waals surface area (Å²) in [5, 5.41) is 11.9. The van der Waals surface area contributed by atoms with E-state index in [1.165, 1.54) is 12.8 Å². The van der Waals surface area contributed by atoms with Crippen LogP contribution in [0.2, 0.25) is 0 Å². The number of nitrogens with one attached hydrogen (secondary N) is 1. The molecule has 8 heteroatoms. The van der Waals surface area contributed by atoms with E-state index in [-0.39, 0.29) is 11.9 Å². The predicted molar refractivity (Wildman–Crippen MR) is 107 cm³/mol. The second-order valence-corrected chi connectivity index (χ2v) is 8.35. The van der Waals surface area contributed by atoms with Crippen LogP contribution in [-0.2, 0) is 6.54 Å². The molecular weight excluding hydrogens is 366 g/mol. The Balaban J connectivity index is 1.44. The summed E-state index contributed by atoms with van der Waals surface area (Å²) < 4.78 is 2.01. The first-order valence-electron chi connectivity index (χ1n) is 10.3. The quantitative estimate of drug-likeness (QED) is 0.721. The zero-order valence-electron chi connectivity index (χ0n) is 16.7. The molecule has 1 aliphatic heterocycles. The lowest BCUT2D eigenvalue weighted by molar-refractivity contribution is 0.0572. The van der Waals surface area contributed by atoms with E-state index in [1.54, 1.807) is 12.3 Å². The van der Waals surface area contributed by atoms with E-state index >= 15 is 0 Å². The molecule has 0 aromatic carbocycles. The fourth-order valence-electron chi connectivity index (χ4n) is 3.95. The minimum atomic E-state index is -0.0714. The summed E-state index contributed by atoms with van der Waals surface area (Å²) in [6, 6.07) is 7.36. The van der Waals surface area contributed by atoms with Gasteiger partial charge in [0.15, 0.2) is 5.82 Å². The number of hydrogen-bond acceptors (Lipinski definition) is 5. The van der Waals surface area contributed by atoms with E-state index in [0.717, 1.165) is 23.8 Å². The second kappa shape index (κ2) is 7.09. The standard InChI is InChI=1S/C21H25N7O/c1-13(2)11-18-20-23-19(14-6-7-14)26-28(20)10-9-27(18)21(29)17-12-16(24-25-17)15-5-3-4-8-22-15/h3-5,8,12-14,18H,6-7,9-11H2,1-2H3,(H,24,25)/t18-/m0/s1. The zero-order valence-corrected chi connectivity index (χ0v) is 16.7. The summed E-state index contributed by atoms with van der Waals surface area (Å²) in [6.07, 6.45) is 4.92. The monoisotopic (exact) mass is 391 g/mol. The molecule has 29 heavy (non-hydrogen) atoms. The minimum absolute atomic E-state index is 0.0486. The van der Waals surface area contributed by atoms with Gasteiger partial charge in [0.25, 0.3) is 5.91 Å². The van der Waals surface area contributed by atoms with Crippen LogP contribution >= 0.6 is 0 Å². The molecule has 0 bridgehead atoms. The number of hydrogen-bond donors (Lipinski definition) is 1. The van der Waals surface area contributed by atoms with Crippen molar-refractivity contribution in [3.8, 4) is 11.4 Å². The Morgan fingerprint density at radius 3 is 2.83 bits per heavy atom. The Hall–Kier alpha value is -3.03. The van der Waals surface area contributed by atoms with Crippen molar-refractivity contribution < 1.29 is 4.79 Å². The van der Waals surface area contributed by atoms with Gasteiger partial charge in [0, 0.05) is 18.7 Å². The van der Waals surface area contributed by atoms with Gasteiger partial charge in [0.05, 0.1) is 18.3 Å². The third kappa shape index (κ3) is 3.43. The summed E-state index contributed by atoms with van der Waals surface area (Å²) >= 11 is 0. The largest absolute Gasteiger partial charge is 0.325 e. The number of H-pyrrole nitrogens is 1. The van der Waals surface area contributed by atoms with Crippen molar-refractivity contribution in [1.29, 1.82) is 0 Å². The van der Waals surface area contributed by atoms with Gasteiger partial charge in [-0.1, -0.05) is 19.9 Å². The van der Waals surface area contributed by atoms with Crippen molar-refractivity contribution in [3.05, 3.63) is 47.8 Å². The maximum Gasteiger partial charge on any atom is 0.272 e. The number of aromatic amines is 1. The molecule has 0 unspecified atom stereocenters. The smallest absolute Gasteiger partial charge is 0.272 e. The molecule has 3 aromatic heterocycles. The van der Waals surface area contributed by atoms with Crippen LogP contribution in [0.4, 0.5) is 0 Å². The van der Waals surface area contributed by atoms with Crippen LogP contribution in [0.1, 0.15) is 67.2 Å². The number of pyridine rings is 1. The number of nitrogens with zero attached hydrogens (tertiary/aromatic N) is 6. The van der Waals surface area contributed by atoms with Crippen molar-refractivity contribution >= 4 is 5.91 Å². The van der Waals surface area contributed by atoms with Crippen molar-refractivity contribution in [2.75, 3.05) is 6.54 Å². The molecule has 0 spiro atoms. The highest BCUT2D eigenvalue weighted by molar-refractivity contribution is 5.93. The fourth-order valence-corrected chi connectivity index (χ4v) is 3.95. The van der Waals surface area contributed by atoms with E-state index in [0.29, 0.717) is 36.3 Å². The molecule has 1 aliphatic carbocycles. The third-order valence-corrected chi connectivity index (χ3v) is 5.58. The zero-order chi connectivity index (χ0) is 20.0. The molecule has 0 radical (unpaired) electrons. The summed E-state index contributed by atoms with van der Waals surface area (Å²) in [5.41, 5.74) is 1.90. The van der Waals surface area contributed by atoms with E-state index in [1.807, 2.05) is 27.8 Å². The van der Waals surface area contributed by atoms with Crippen molar-refractivity contribution in [3.63, 3.8) is 0 Å². The van der Waals surface area contributed by atoms with Gasteiger partial charge >= 0.3 is 0 Å². The fraction of sp³-hybridized carbons (Fsp3) is 0.476. The van der Waals surface area contributed by atoms with E-state index in [2.05, 4.69) is 29.0 Å². The van der Waals surface area contributed by atoms with Gasteiger partial charge in [-0.3, -0.25) is 14.9 Å². The first-order chi connectivity index (χ1) is 14.1. The molecule has 5 rings (SSSR count). The van der Waals surface area contributed by atoms with Crippen LogP contribution in [-0.4, -0.2) is 47.3 Å². The Bertz CT molecular complexity index is 1020. The summed E-state index contributed by atoms with van der Waals surface area (Å²) in [4.78, 5) is 24.5. The Morgan fingerprint density at radius 2 is 2.10 bits per heavy atom. The summed E-state index contributed by atoms with van der Waals surface area (Å²) in [5.74, 6) is 2.76. The van der Waals surface area contributed by atoms with Crippen LogP contribution in [0.15, 0.2) is 30.5 Å². The van der Waals surface area contributed by atoms with Gasteiger partial charge in [-0.2, -0.15) is 10.2 Å². The molecule has 0 saturated heterocycles. The molecule has 1 atom stereocenters. The summed E-state index contributed by atoms with van der Waals surface area (Å²) in [7, 11) is 0. The average Bonchev–Trinajstić information content (AvgIpc) is 3.28. The number of amides is 1. The molecule has 1 saturated carbocycles. The van der Waals surface area contributed by atoms with Crippen LogP contribution in [0.5, 0.6) is 0 Å². The molecule has 8 nitrogen and oxygen atoms in total. The highest BCUT2D eigenvalue weighted by atomic mass is 16.2. The van der Waals surface area contributed by atoms with E-state index in [9.17, 15) is 4.79 Å². The Morgan fingerprint density at radius 1 is 1.24 bits per heavy atom. The number of rotatable bonds is 5. The van der Waals surface area contributed by atoms with Crippen molar-refractivity contribution in [1.82, 2.24) is 34.8 Å². The first kappa shape index (κ1) is 18.0. The lowest BCUT2D eigenvalue weighted by Gasteiger charge is -2.35. The first-order valence-corrected chi connectivity index (χ1v) is 10.3. The molecule has 150 valence electrons. The van der Waals surface area contributed by atoms with Gasteiger partial charge in [0.1, 0.15) is 17.2 Å². The number of carbonyl (C=O) groups is 1. The average molecular weight is 391 g/mol. The molecule has 1 N–H and O–H groups in total. The number of aromatic nitrogens is 6. The van der Waals surface area contributed by atoms with Crippen molar-refractivity contribution in [2.45, 2.75) is 51.6 Å². The number of fused-ring (bicyclic) bond motifs is 1. The highest BCUT2D eigenvalue weighted by Gasteiger charge is 2.37. The third-order valence-electron chi connectivity index (χ3n) is 5.58. The molecular formula is C21H25N7O. The molecule has 3 aromatic rings. The summed E-state index contributed by atoms with van der Waals surface area (Å²) in [6.45, 7) is 5.65. The second-order valence-electron chi connectivity index (χ2n) is 8.35. The van der Waals surface area contributed by atoms with Gasteiger partial charge in [-0.05, 0) is 43.4 Å². The van der Waals surface area contributed by atoms with Gasteiger partial charge < -0.3 is 4.90 Å². The lowest BCUT2D eigenvalue weighted by Crippen LogP contribution is -2.43.